The Morgan fingerprint density at radius 2 is 1.90 bits per heavy atom. The average molecular weight is 414 g/mol. The number of piperidine rings is 1. The molecule has 3 fully saturated rings. The van der Waals surface area contributed by atoms with Gasteiger partial charge in [-0.15, -0.1) is 0 Å². The van der Waals surface area contributed by atoms with Crippen LogP contribution in [-0.4, -0.2) is 74.1 Å². The van der Waals surface area contributed by atoms with E-state index in [-0.39, 0.29) is 17.9 Å². The Morgan fingerprint density at radius 1 is 1.13 bits per heavy atom. The molecule has 0 radical (unpaired) electrons. The molecule has 2 saturated heterocycles. The number of para-hydroxylation sites is 1. The SMILES string of the molecule is COCCN1C(=O)CC[C@]2(C(=O)N3CCN(c4ccccc4C)CC3)CCCC[C@@H]12. The molecule has 2 aliphatic heterocycles. The molecule has 6 heteroatoms. The van der Waals surface area contributed by atoms with Gasteiger partial charge in [-0.3, -0.25) is 9.59 Å². The number of likely N-dealkylation sites (tertiary alicyclic amines) is 1. The second-order valence-corrected chi connectivity index (χ2v) is 9.06. The number of hydrogen-bond acceptors (Lipinski definition) is 4. The number of carbonyl (C=O) groups excluding carboxylic acids is 2. The Bertz CT molecular complexity index is 775. The van der Waals surface area contributed by atoms with Gasteiger partial charge in [-0.1, -0.05) is 31.0 Å². The van der Waals surface area contributed by atoms with Crippen molar-refractivity contribution in [2.75, 3.05) is 51.3 Å². The Labute approximate surface area is 180 Å². The van der Waals surface area contributed by atoms with Crippen LogP contribution in [0.1, 0.15) is 44.1 Å². The van der Waals surface area contributed by atoms with Crippen LogP contribution in [0.4, 0.5) is 5.69 Å². The fourth-order valence-corrected chi connectivity index (χ4v) is 5.82. The quantitative estimate of drug-likeness (QED) is 0.745. The number of rotatable bonds is 5. The van der Waals surface area contributed by atoms with Crippen molar-refractivity contribution in [3.8, 4) is 0 Å². The minimum Gasteiger partial charge on any atom is -0.383 e. The summed E-state index contributed by atoms with van der Waals surface area (Å²) in [6.07, 6.45) is 5.21. The highest BCUT2D eigenvalue weighted by Gasteiger charge is 2.54. The van der Waals surface area contributed by atoms with Gasteiger partial charge in [-0.05, 0) is 37.8 Å². The smallest absolute Gasteiger partial charge is 0.231 e. The van der Waals surface area contributed by atoms with Gasteiger partial charge < -0.3 is 19.4 Å². The molecule has 1 aromatic carbocycles. The molecule has 6 nitrogen and oxygen atoms in total. The molecule has 30 heavy (non-hydrogen) atoms. The van der Waals surface area contributed by atoms with E-state index in [1.807, 2.05) is 4.90 Å². The van der Waals surface area contributed by atoms with E-state index in [9.17, 15) is 9.59 Å². The first-order chi connectivity index (χ1) is 14.6. The fraction of sp³-hybridized carbons (Fsp3) is 0.667. The summed E-state index contributed by atoms with van der Waals surface area (Å²) in [4.78, 5) is 33.0. The molecule has 2 atom stereocenters. The molecule has 1 saturated carbocycles. The normalized spacial score (nSPS) is 27.2. The molecule has 0 N–H and O–H groups in total. The number of piperazine rings is 1. The average Bonchev–Trinajstić information content (AvgIpc) is 2.78. The van der Waals surface area contributed by atoms with E-state index in [4.69, 9.17) is 4.74 Å². The van der Waals surface area contributed by atoms with Crippen molar-refractivity contribution in [1.82, 2.24) is 9.80 Å². The van der Waals surface area contributed by atoms with Gasteiger partial charge in [0, 0.05) is 58.0 Å². The third-order valence-corrected chi connectivity index (χ3v) is 7.46. The van der Waals surface area contributed by atoms with Crippen molar-refractivity contribution >= 4 is 17.5 Å². The van der Waals surface area contributed by atoms with Crippen LogP contribution in [0.3, 0.4) is 0 Å². The van der Waals surface area contributed by atoms with E-state index in [0.717, 1.165) is 51.9 Å². The van der Waals surface area contributed by atoms with Crippen molar-refractivity contribution in [1.29, 1.82) is 0 Å². The van der Waals surface area contributed by atoms with Crippen LogP contribution in [0.5, 0.6) is 0 Å². The fourth-order valence-electron chi connectivity index (χ4n) is 5.82. The van der Waals surface area contributed by atoms with E-state index >= 15 is 0 Å². The number of nitrogens with zero attached hydrogens (tertiary/aromatic N) is 3. The largest absolute Gasteiger partial charge is 0.383 e. The predicted octanol–water partition coefficient (Wildman–Crippen LogP) is 2.84. The monoisotopic (exact) mass is 413 g/mol. The third kappa shape index (κ3) is 3.82. The van der Waals surface area contributed by atoms with Crippen molar-refractivity contribution in [2.24, 2.45) is 5.41 Å². The molecule has 1 aliphatic carbocycles. The topological polar surface area (TPSA) is 53.1 Å². The maximum absolute atomic E-state index is 13.9. The summed E-state index contributed by atoms with van der Waals surface area (Å²) in [6.45, 7) is 6.51. The van der Waals surface area contributed by atoms with Crippen molar-refractivity contribution < 1.29 is 14.3 Å². The lowest BCUT2D eigenvalue weighted by Crippen LogP contribution is -2.64. The lowest BCUT2D eigenvalue weighted by atomic mass is 9.64. The predicted molar refractivity (Wildman–Crippen MR) is 117 cm³/mol. The summed E-state index contributed by atoms with van der Waals surface area (Å²) < 4.78 is 5.25. The van der Waals surface area contributed by atoms with E-state index in [1.165, 1.54) is 11.3 Å². The van der Waals surface area contributed by atoms with Crippen molar-refractivity contribution in [3.63, 3.8) is 0 Å². The number of hydrogen-bond donors (Lipinski definition) is 0. The Hall–Kier alpha value is -2.08. The van der Waals surface area contributed by atoms with Crippen LogP contribution < -0.4 is 4.90 Å². The zero-order valence-electron chi connectivity index (χ0n) is 18.4. The second kappa shape index (κ2) is 8.96. The first-order valence-electron chi connectivity index (χ1n) is 11.5. The highest BCUT2D eigenvalue weighted by Crippen LogP contribution is 2.47. The van der Waals surface area contributed by atoms with Gasteiger partial charge in [0.25, 0.3) is 0 Å². The Morgan fingerprint density at radius 3 is 2.63 bits per heavy atom. The molecule has 0 spiro atoms. The summed E-state index contributed by atoms with van der Waals surface area (Å²) in [5.74, 6) is 0.471. The number of fused-ring (bicyclic) bond motifs is 1. The molecule has 0 unspecified atom stereocenters. The summed E-state index contributed by atoms with van der Waals surface area (Å²) in [5, 5.41) is 0. The summed E-state index contributed by atoms with van der Waals surface area (Å²) in [7, 11) is 1.67. The van der Waals surface area contributed by atoms with Crippen LogP contribution in [0.15, 0.2) is 24.3 Å². The Balaban J connectivity index is 1.49. The standard InChI is InChI=1S/C24H35N3O3/c1-19-7-3-4-8-20(19)25-13-15-26(16-14-25)23(29)24-11-6-5-9-21(24)27(17-18-30-2)22(28)10-12-24/h3-4,7-8,21H,5-6,9-18H2,1-2H3/t21-,24-/m1/s1. The van der Waals surface area contributed by atoms with Gasteiger partial charge in [-0.2, -0.15) is 0 Å². The molecule has 2 heterocycles. The van der Waals surface area contributed by atoms with E-state index in [2.05, 4.69) is 41.0 Å². The summed E-state index contributed by atoms with van der Waals surface area (Å²) >= 11 is 0. The zero-order valence-corrected chi connectivity index (χ0v) is 18.4. The van der Waals surface area contributed by atoms with Gasteiger partial charge in [-0.25, -0.2) is 0 Å². The molecule has 164 valence electrons. The highest BCUT2D eigenvalue weighted by molar-refractivity contribution is 5.88. The summed E-state index contributed by atoms with van der Waals surface area (Å²) in [5.41, 5.74) is 2.15. The number of anilines is 1. The van der Waals surface area contributed by atoms with Crippen LogP contribution in [-0.2, 0) is 14.3 Å². The maximum atomic E-state index is 13.9. The number of ether oxygens (including phenoxy) is 1. The zero-order chi connectivity index (χ0) is 21.1. The van der Waals surface area contributed by atoms with Crippen LogP contribution in [0, 0.1) is 12.3 Å². The molecule has 1 aromatic rings. The van der Waals surface area contributed by atoms with Gasteiger partial charge in [0.05, 0.1) is 12.0 Å². The van der Waals surface area contributed by atoms with Crippen molar-refractivity contribution in [3.05, 3.63) is 29.8 Å². The molecular formula is C24H35N3O3. The van der Waals surface area contributed by atoms with Crippen LogP contribution in [0.25, 0.3) is 0 Å². The number of benzene rings is 1. The molecule has 0 aromatic heterocycles. The first kappa shape index (κ1) is 21.2. The van der Waals surface area contributed by atoms with E-state index in [1.54, 1.807) is 7.11 Å². The molecule has 0 bridgehead atoms. The number of carbonyl (C=O) groups is 2. The second-order valence-electron chi connectivity index (χ2n) is 9.06. The minimum absolute atomic E-state index is 0.0320. The highest BCUT2D eigenvalue weighted by atomic mass is 16.5. The third-order valence-electron chi connectivity index (χ3n) is 7.46. The minimum atomic E-state index is -0.398. The van der Waals surface area contributed by atoms with Crippen LogP contribution in [0.2, 0.25) is 0 Å². The lowest BCUT2D eigenvalue weighted by Gasteiger charge is -2.53. The summed E-state index contributed by atoms with van der Waals surface area (Å²) in [6, 6.07) is 8.50. The molecule has 2 amide bonds. The van der Waals surface area contributed by atoms with E-state index in [0.29, 0.717) is 26.0 Å². The number of aryl methyl sites for hydroxylation is 1. The van der Waals surface area contributed by atoms with E-state index < -0.39 is 5.41 Å². The molecule has 3 aliphatic rings. The maximum Gasteiger partial charge on any atom is 0.231 e. The number of methoxy groups -OCH3 is 1. The Kier molecular flexibility index (Phi) is 6.32. The first-order valence-corrected chi connectivity index (χ1v) is 11.5. The number of amides is 2. The van der Waals surface area contributed by atoms with Gasteiger partial charge in [0.15, 0.2) is 0 Å². The van der Waals surface area contributed by atoms with Gasteiger partial charge in [0.1, 0.15) is 0 Å². The van der Waals surface area contributed by atoms with Gasteiger partial charge >= 0.3 is 0 Å². The van der Waals surface area contributed by atoms with Gasteiger partial charge in [0.2, 0.25) is 11.8 Å². The molecule has 4 rings (SSSR count). The van der Waals surface area contributed by atoms with Crippen molar-refractivity contribution in [2.45, 2.75) is 51.5 Å². The molecular weight excluding hydrogens is 378 g/mol. The van der Waals surface area contributed by atoms with Crippen LogP contribution >= 0.6 is 0 Å². The lowest BCUT2D eigenvalue weighted by molar-refractivity contribution is -0.162.